The molecule has 0 saturated heterocycles. The molecule has 0 heterocycles. The quantitative estimate of drug-likeness (QED) is 0.182. The Morgan fingerprint density at radius 3 is 1.71 bits per heavy atom. The van der Waals surface area contributed by atoms with Gasteiger partial charge in [0, 0.05) is 0 Å². The third-order valence-electron chi connectivity index (χ3n) is 5.14. The number of benzene rings is 3. The summed E-state index contributed by atoms with van der Waals surface area (Å²) in [4.78, 5) is 9.72. The molecule has 0 aliphatic rings. The Morgan fingerprint density at radius 1 is 0.676 bits per heavy atom. The maximum absolute atomic E-state index is 10.7. The van der Waals surface area contributed by atoms with Crippen molar-refractivity contribution in [2.24, 2.45) is 9.98 Å². The Balaban J connectivity index is 0.000000442. The molecular weight excluding hydrogens is 467 g/mol. The van der Waals surface area contributed by atoms with Gasteiger partial charge < -0.3 is 10.2 Å². The SMILES string of the molecule is CCCCCC(=Nc1ccccc1)C(CC)=Nc1ccccc1.CCc1ccc([O-])c([O-])c1.[Ni+2]. The minimum Gasteiger partial charge on any atom is -0.873 e. The van der Waals surface area contributed by atoms with Crippen molar-refractivity contribution in [3.05, 3.63) is 84.4 Å². The predicted molar refractivity (Wildman–Crippen MR) is 136 cm³/mol. The van der Waals surface area contributed by atoms with Crippen molar-refractivity contribution in [2.45, 2.75) is 59.3 Å². The molecule has 4 nitrogen and oxygen atoms in total. The van der Waals surface area contributed by atoms with E-state index >= 15 is 0 Å². The molecule has 182 valence electrons. The van der Waals surface area contributed by atoms with E-state index in [-0.39, 0.29) is 16.5 Å². The zero-order valence-electron chi connectivity index (χ0n) is 20.3. The predicted octanol–water partition coefficient (Wildman–Crippen LogP) is 6.92. The maximum Gasteiger partial charge on any atom is 2.00 e. The van der Waals surface area contributed by atoms with Crippen LogP contribution in [0.4, 0.5) is 11.4 Å². The van der Waals surface area contributed by atoms with Crippen molar-refractivity contribution >= 4 is 22.8 Å². The Kier molecular flexibility index (Phi) is 14.3. The number of rotatable bonds is 9. The molecule has 0 fully saturated rings. The van der Waals surface area contributed by atoms with Crippen molar-refractivity contribution in [3.63, 3.8) is 0 Å². The van der Waals surface area contributed by atoms with E-state index in [4.69, 9.17) is 9.98 Å². The van der Waals surface area contributed by atoms with E-state index in [2.05, 4.69) is 26.0 Å². The van der Waals surface area contributed by atoms with Crippen LogP contribution in [0.15, 0.2) is 88.8 Å². The van der Waals surface area contributed by atoms with Gasteiger partial charge in [-0.15, -0.1) is 11.5 Å². The molecule has 0 aliphatic heterocycles. The summed E-state index contributed by atoms with van der Waals surface area (Å²) >= 11 is 0. The van der Waals surface area contributed by atoms with Crippen molar-refractivity contribution in [3.8, 4) is 11.5 Å². The second-order valence-corrected chi connectivity index (χ2v) is 7.73. The van der Waals surface area contributed by atoms with Gasteiger partial charge in [-0.25, -0.2) is 0 Å². The topological polar surface area (TPSA) is 70.8 Å². The van der Waals surface area contributed by atoms with Crippen LogP contribution in [0.3, 0.4) is 0 Å². The van der Waals surface area contributed by atoms with Crippen molar-refractivity contribution in [1.29, 1.82) is 0 Å². The Labute approximate surface area is 214 Å². The zero-order valence-corrected chi connectivity index (χ0v) is 21.3. The fourth-order valence-electron chi connectivity index (χ4n) is 3.24. The molecule has 0 N–H and O–H groups in total. The molecule has 0 atom stereocenters. The molecule has 0 bridgehead atoms. The molecule has 0 saturated carbocycles. The van der Waals surface area contributed by atoms with E-state index < -0.39 is 11.5 Å². The van der Waals surface area contributed by atoms with Gasteiger partial charge in [0.25, 0.3) is 0 Å². The Hall–Kier alpha value is -2.91. The first-order valence-corrected chi connectivity index (χ1v) is 11.8. The first-order chi connectivity index (χ1) is 16.1. The summed E-state index contributed by atoms with van der Waals surface area (Å²) in [5, 5.41) is 21.3. The summed E-state index contributed by atoms with van der Waals surface area (Å²) in [7, 11) is 0. The largest absolute Gasteiger partial charge is 2.00 e. The molecule has 0 unspecified atom stereocenters. The molecule has 3 aromatic rings. The van der Waals surface area contributed by atoms with E-state index in [9.17, 15) is 10.2 Å². The fraction of sp³-hybridized carbons (Fsp3) is 0.310. The van der Waals surface area contributed by atoms with Crippen LogP contribution in [0, 0.1) is 0 Å². The average molecular weight is 501 g/mol. The van der Waals surface area contributed by atoms with Crippen molar-refractivity contribution < 1.29 is 26.7 Å². The van der Waals surface area contributed by atoms with Gasteiger partial charge in [-0.05, 0) is 55.5 Å². The van der Waals surface area contributed by atoms with E-state index in [1.807, 2.05) is 55.5 Å². The van der Waals surface area contributed by atoms with Gasteiger partial charge in [0.05, 0.1) is 22.8 Å². The number of hydrogen-bond donors (Lipinski definition) is 0. The van der Waals surface area contributed by atoms with Gasteiger partial charge >= 0.3 is 16.5 Å². The van der Waals surface area contributed by atoms with Crippen LogP contribution >= 0.6 is 0 Å². The summed E-state index contributed by atoms with van der Waals surface area (Å²) in [6.07, 6.45) is 6.30. The zero-order chi connectivity index (χ0) is 23.9. The van der Waals surface area contributed by atoms with Crippen LogP contribution in [-0.4, -0.2) is 11.4 Å². The number of para-hydroxylation sites is 2. The normalized spacial score (nSPS) is 11.3. The fourth-order valence-corrected chi connectivity index (χ4v) is 3.24. The molecule has 0 radical (unpaired) electrons. The number of unbranched alkanes of at least 4 members (excludes halogenated alkanes) is 2. The maximum atomic E-state index is 10.7. The van der Waals surface area contributed by atoms with E-state index in [1.54, 1.807) is 6.07 Å². The van der Waals surface area contributed by atoms with Crippen LogP contribution in [0.25, 0.3) is 0 Å². The van der Waals surface area contributed by atoms with Crippen molar-refractivity contribution in [1.82, 2.24) is 0 Å². The molecule has 3 aromatic carbocycles. The second kappa shape index (κ2) is 16.7. The van der Waals surface area contributed by atoms with E-state index in [0.717, 1.165) is 54.0 Å². The minimum absolute atomic E-state index is 0. The summed E-state index contributed by atoms with van der Waals surface area (Å²) in [6, 6.07) is 24.7. The molecule has 0 spiro atoms. The first kappa shape index (κ1) is 29.1. The van der Waals surface area contributed by atoms with E-state index in [0.29, 0.717) is 0 Å². The van der Waals surface area contributed by atoms with Crippen LogP contribution < -0.4 is 10.2 Å². The van der Waals surface area contributed by atoms with Gasteiger partial charge in [0.2, 0.25) is 0 Å². The molecule has 34 heavy (non-hydrogen) atoms. The first-order valence-electron chi connectivity index (χ1n) is 11.8. The van der Waals surface area contributed by atoms with Gasteiger partial charge in [0.15, 0.2) is 0 Å². The van der Waals surface area contributed by atoms with E-state index in [1.165, 1.54) is 25.0 Å². The Morgan fingerprint density at radius 2 is 1.24 bits per heavy atom. The molecule has 3 rings (SSSR count). The summed E-state index contributed by atoms with van der Waals surface area (Å²) in [5.74, 6) is -0.823. The Bertz CT molecular complexity index is 1020. The van der Waals surface area contributed by atoms with Gasteiger partial charge in [0.1, 0.15) is 0 Å². The number of nitrogens with zero attached hydrogens (tertiary/aromatic N) is 2. The molecule has 5 heteroatoms. The van der Waals surface area contributed by atoms with Crippen LogP contribution in [0.1, 0.15) is 58.4 Å². The third-order valence-corrected chi connectivity index (χ3v) is 5.14. The summed E-state index contributed by atoms with van der Waals surface area (Å²) < 4.78 is 0. The molecule has 0 aliphatic carbocycles. The van der Waals surface area contributed by atoms with Crippen LogP contribution in [-0.2, 0) is 22.9 Å². The molecular formula is C29H34N2NiO2. The second-order valence-electron chi connectivity index (χ2n) is 7.73. The molecule has 0 amide bonds. The summed E-state index contributed by atoms with van der Waals surface area (Å²) in [5.41, 5.74) is 5.14. The number of hydrogen-bond acceptors (Lipinski definition) is 4. The minimum atomic E-state index is -0.419. The van der Waals surface area contributed by atoms with Gasteiger partial charge in [-0.3, -0.25) is 9.98 Å². The van der Waals surface area contributed by atoms with Gasteiger partial charge in [-0.2, -0.15) is 0 Å². The summed E-state index contributed by atoms with van der Waals surface area (Å²) in [6.45, 7) is 6.33. The smallest absolute Gasteiger partial charge is 0.873 e. The average Bonchev–Trinajstić information content (AvgIpc) is 2.85. The van der Waals surface area contributed by atoms with Crippen LogP contribution in [0.2, 0.25) is 0 Å². The van der Waals surface area contributed by atoms with Crippen molar-refractivity contribution in [2.75, 3.05) is 0 Å². The standard InChI is InChI=1S/C21H26N2.C8H10O2.Ni/c1-3-5-8-17-21(23-19-15-11-7-12-16-19)20(4-2)22-18-13-9-6-10-14-18;1-2-6-3-4-7(9)8(10)5-6;/h6-7,9-16H,3-5,8,17H2,1-2H3;3-5,9-10H,2H2,1H3;/q;;+2/p-2. The monoisotopic (exact) mass is 500 g/mol. The molecule has 0 aromatic heterocycles. The number of aryl methyl sites for hydroxylation is 1. The number of aliphatic imine (C=N–C) groups is 2. The van der Waals surface area contributed by atoms with Gasteiger partial charge in [-0.1, -0.05) is 88.2 Å². The van der Waals surface area contributed by atoms with Crippen LogP contribution in [0.5, 0.6) is 11.5 Å². The third kappa shape index (κ3) is 10.4.